The third kappa shape index (κ3) is 3.98. The van der Waals surface area contributed by atoms with Crippen LogP contribution in [0.1, 0.15) is 29.4 Å². The summed E-state index contributed by atoms with van der Waals surface area (Å²) in [5.41, 5.74) is -1.74. The molecule has 4 aromatic rings. The van der Waals surface area contributed by atoms with Gasteiger partial charge in [-0.3, -0.25) is 9.59 Å². The first-order valence-electron chi connectivity index (χ1n) is 9.82. The molecule has 164 valence electrons. The molecule has 0 radical (unpaired) electrons. The summed E-state index contributed by atoms with van der Waals surface area (Å²) in [5, 5.41) is 10.9. The highest BCUT2D eigenvalue weighted by atomic mass is 19.4. The molecule has 32 heavy (non-hydrogen) atoms. The van der Waals surface area contributed by atoms with Crippen LogP contribution in [0.2, 0.25) is 0 Å². The Kier molecular flexibility index (Phi) is 5.52. The summed E-state index contributed by atoms with van der Waals surface area (Å²) in [7, 11) is 0. The van der Waals surface area contributed by atoms with Crippen LogP contribution in [0.4, 0.5) is 18.9 Å². The summed E-state index contributed by atoms with van der Waals surface area (Å²) >= 11 is 0. The number of nitrogens with one attached hydrogen (secondary N) is 1. The molecule has 1 amide bonds. The molecule has 2 heterocycles. The third-order valence-electron chi connectivity index (χ3n) is 4.84. The monoisotopic (exact) mass is 441 g/mol. The number of carbonyl (C=O) groups excluding carboxylic acids is 1. The molecule has 0 saturated heterocycles. The molecule has 0 unspecified atom stereocenters. The van der Waals surface area contributed by atoms with E-state index >= 15 is 0 Å². The molecule has 0 aliphatic carbocycles. The predicted octanol–water partition coefficient (Wildman–Crippen LogP) is 4.26. The summed E-state index contributed by atoms with van der Waals surface area (Å²) in [5.74, 6) is -0.844. The predicted molar refractivity (Wildman–Crippen MR) is 113 cm³/mol. The van der Waals surface area contributed by atoms with Gasteiger partial charge in [0.2, 0.25) is 0 Å². The Morgan fingerprint density at radius 1 is 1.09 bits per heavy atom. The number of rotatable bonds is 5. The number of alkyl halides is 3. The fourth-order valence-corrected chi connectivity index (χ4v) is 3.39. The molecule has 10 heteroatoms. The summed E-state index contributed by atoms with van der Waals surface area (Å²) in [6, 6.07) is 11.5. The van der Waals surface area contributed by atoms with Gasteiger partial charge in [0.05, 0.1) is 22.3 Å². The molecule has 2 aromatic heterocycles. The van der Waals surface area contributed by atoms with Crippen molar-refractivity contribution in [2.45, 2.75) is 26.1 Å². The Morgan fingerprint density at radius 3 is 2.50 bits per heavy atom. The van der Waals surface area contributed by atoms with E-state index in [0.717, 1.165) is 10.7 Å². The van der Waals surface area contributed by atoms with E-state index in [1.165, 1.54) is 29.2 Å². The normalized spacial score (nSPS) is 11.6. The van der Waals surface area contributed by atoms with Gasteiger partial charge in [-0.25, -0.2) is 9.36 Å². The van der Waals surface area contributed by atoms with Gasteiger partial charge in [0.25, 0.3) is 11.5 Å². The van der Waals surface area contributed by atoms with Gasteiger partial charge in [-0.1, -0.05) is 25.1 Å². The van der Waals surface area contributed by atoms with Crippen LogP contribution in [0.25, 0.3) is 16.5 Å². The van der Waals surface area contributed by atoms with E-state index in [-0.39, 0.29) is 34.3 Å². The average molecular weight is 441 g/mol. The molecule has 0 saturated carbocycles. The van der Waals surface area contributed by atoms with Crippen LogP contribution in [-0.4, -0.2) is 25.5 Å². The Bertz CT molecular complexity index is 1340. The Balaban J connectivity index is 1.79. The number of benzene rings is 2. The van der Waals surface area contributed by atoms with Crippen molar-refractivity contribution in [3.63, 3.8) is 0 Å². The van der Waals surface area contributed by atoms with Gasteiger partial charge in [0, 0.05) is 24.3 Å². The number of halogens is 3. The van der Waals surface area contributed by atoms with Crippen LogP contribution in [0.5, 0.6) is 0 Å². The smallest absolute Gasteiger partial charge is 0.320 e. The Labute approximate surface area is 180 Å². The van der Waals surface area contributed by atoms with Gasteiger partial charge >= 0.3 is 6.18 Å². The topological polar surface area (TPSA) is 81.8 Å². The largest absolute Gasteiger partial charge is 0.418 e. The highest BCUT2D eigenvalue weighted by Gasteiger charge is 2.35. The molecule has 0 fully saturated rings. The number of nitrogens with zero attached hydrogens (tertiary/aromatic N) is 4. The van der Waals surface area contributed by atoms with Gasteiger partial charge in [-0.05, 0) is 36.8 Å². The fraction of sp³-hybridized carbons (Fsp3) is 0.182. The lowest BCUT2D eigenvalue weighted by atomic mass is 10.1. The molecule has 4 rings (SSSR count). The summed E-state index contributed by atoms with van der Waals surface area (Å²) < 4.78 is 43.7. The van der Waals surface area contributed by atoms with Crippen molar-refractivity contribution in [2.75, 3.05) is 5.32 Å². The lowest BCUT2D eigenvalue weighted by Crippen LogP contribution is -2.28. The van der Waals surface area contributed by atoms with E-state index in [0.29, 0.717) is 6.42 Å². The second kappa shape index (κ2) is 8.29. The van der Waals surface area contributed by atoms with E-state index in [2.05, 4.69) is 15.5 Å². The highest BCUT2D eigenvalue weighted by molar-refractivity contribution is 6.11. The number of aromatic nitrogens is 4. The maximum Gasteiger partial charge on any atom is 0.418 e. The number of fused-ring (bicyclic) bond motifs is 1. The number of amides is 1. The van der Waals surface area contributed by atoms with Crippen molar-refractivity contribution in [1.29, 1.82) is 0 Å². The van der Waals surface area contributed by atoms with Gasteiger partial charge in [0.15, 0.2) is 5.69 Å². The third-order valence-corrected chi connectivity index (χ3v) is 4.84. The molecule has 2 aromatic carbocycles. The van der Waals surface area contributed by atoms with E-state index in [1.807, 2.05) is 6.92 Å². The first-order valence-corrected chi connectivity index (χ1v) is 9.82. The molecule has 1 N–H and O–H groups in total. The fourth-order valence-electron chi connectivity index (χ4n) is 3.39. The number of carbonyl (C=O) groups is 1. The summed E-state index contributed by atoms with van der Waals surface area (Å²) in [4.78, 5) is 25.6. The van der Waals surface area contributed by atoms with Crippen molar-refractivity contribution >= 4 is 22.4 Å². The number of aryl methyl sites for hydroxylation is 1. The van der Waals surface area contributed by atoms with Gasteiger partial charge in [-0.2, -0.15) is 23.4 Å². The Morgan fingerprint density at radius 2 is 1.84 bits per heavy atom. The molecular formula is C22H18F3N5O2. The molecule has 0 atom stereocenters. The molecule has 7 nitrogen and oxygen atoms in total. The average Bonchev–Trinajstić information content (AvgIpc) is 3.30. The van der Waals surface area contributed by atoms with E-state index in [9.17, 15) is 22.8 Å². The Hall–Kier alpha value is -3.95. The summed E-state index contributed by atoms with van der Waals surface area (Å²) in [6.45, 7) is 2.12. The minimum atomic E-state index is -4.72. The van der Waals surface area contributed by atoms with Crippen LogP contribution in [0.3, 0.4) is 0 Å². The van der Waals surface area contributed by atoms with Gasteiger partial charge in [0.1, 0.15) is 0 Å². The van der Waals surface area contributed by atoms with E-state index in [4.69, 9.17) is 0 Å². The first-order chi connectivity index (χ1) is 15.3. The van der Waals surface area contributed by atoms with Crippen LogP contribution in [0.15, 0.2) is 65.7 Å². The maximum atomic E-state index is 13.8. The SMILES string of the molecule is CCCn1nc(C(=O)Nc2ccc(-n3cccn3)cc2C(F)(F)F)c2ccccc2c1=O. The second-order valence-corrected chi connectivity index (χ2v) is 7.05. The highest BCUT2D eigenvalue weighted by Crippen LogP contribution is 2.36. The van der Waals surface area contributed by atoms with Crippen molar-refractivity contribution in [1.82, 2.24) is 19.6 Å². The quantitative estimate of drug-likeness (QED) is 0.502. The lowest BCUT2D eigenvalue weighted by Gasteiger charge is -2.16. The standard InChI is InChI=1S/C22H18F3N5O2/c1-2-11-30-21(32)16-7-4-3-6-15(16)19(28-30)20(31)27-18-9-8-14(29-12-5-10-26-29)13-17(18)22(23,24)25/h3-10,12-13H,2,11H2,1H3,(H,27,31). The zero-order valence-electron chi connectivity index (χ0n) is 16.9. The van der Waals surface area contributed by atoms with Gasteiger partial charge in [-0.15, -0.1) is 0 Å². The molecule has 0 aliphatic rings. The zero-order valence-corrected chi connectivity index (χ0v) is 16.9. The molecule has 0 spiro atoms. The number of anilines is 1. The van der Waals surface area contributed by atoms with Crippen LogP contribution in [-0.2, 0) is 12.7 Å². The maximum absolute atomic E-state index is 13.8. The van der Waals surface area contributed by atoms with E-state index in [1.54, 1.807) is 30.3 Å². The van der Waals surface area contributed by atoms with Crippen molar-refractivity contribution < 1.29 is 18.0 Å². The second-order valence-electron chi connectivity index (χ2n) is 7.05. The molecular weight excluding hydrogens is 423 g/mol. The molecule has 0 bridgehead atoms. The van der Waals surface area contributed by atoms with E-state index < -0.39 is 23.3 Å². The number of hydrogen-bond acceptors (Lipinski definition) is 4. The first kappa shape index (κ1) is 21.3. The minimum Gasteiger partial charge on any atom is -0.320 e. The zero-order chi connectivity index (χ0) is 22.9. The van der Waals surface area contributed by atoms with Crippen LogP contribution >= 0.6 is 0 Å². The molecule has 0 aliphatic heterocycles. The number of hydrogen-bond donors (Lipinski definition) is 1. The van der Waals surface area contributed by atoms with Crippen molar-refractivity contribution in [3.8, 4) is 5.69 Å². The lowest BCUT2D eigenvalue weighted by molar-refractivity contribution is -0.136. The van der Waals surface area contributed by atoms with Gasteiger partial charge < -0.3 is 5.32 Å². The van der Waals surface area contributed by atoms with Crippen LogP contribution in [0, 0.1) is 0 Å². The summed E-state index contributed by atoms with van der Waals surface area (Å²) in [6.07, 6.45) is -1.16. The minimum absolute atomic E-state index is 0.127. The van der Waals surface area contributed by atoms with Crippen molar-refractivity contribution in [3.05, 3.63) is 82.5 Å². The van der Waals surface area contributed by atoms with Crippen LogP contribution < -0.4 is 10.9 Å². The van der Waals surface area contributed by atoms with Crippen molar-refractivity contribution in [2.24, 2.45) is 0 Å².